The van der Waals surface area contributed by atoms with Crippen LogP contribution in [0, 0.1) is 0 Å². The number of hydrogen-bond acceptors (Lipinski definition) is 3. The van der Waals surface area contributed by atoms with Gasteiger partial charge in [-0.05, 0) is 46.8 Å². The topological polar surface area (TPSA) is 12.0 Å². The second kappa shape index (κ2) is 8.57. The number of thiophene rings is 1. The Labute approximate surface area is 122 Å². The first-order chi connectivity index (χ1) is 8.17. The van der Waals surface area contributed by atoms with E-state index in [1.807, 2.05) is 11.3 Å². The Hall–Kier alpha value is 0.490. The van der Waals surface area contributed by atoms with Gasteiger partial charge in [0.2, 0.25) is 0 Å². The number of nitrogens with one attached hydrogen (secondary N) is 1. The molecule has 1 heterocycles. The van der Waals surface area contributed by atoms with Crippen LogP contribution in [0.15, 0.2) is 15.9 Å². The van der Waals surface area contributed by atoms with E-state index < -0.39 is 0 Å². The Morgan fingerprint density at radius 1 is 1.47 bits per heavy atom. The van der Waals surface area contributed by atoms with Crippen LogP contribution < -0.4 is 5.32 Å². The second-order valence-corrected chi connectivity index (χ2v) is 7.53. The lowest BCUT2D eigenvalue weighted by Gasteiger charge is -2.19. The quantitative estimate of drug-likeness (QED) is 0.747. The zero-order valence-corrected chi connectivity index (χ0v) is 14.1. The van der Waals surface area contributed by atoms with Crippen molar-refractivity contribution in [2.45, 2.75) is 44.9 Å². The first kappa shape index (κ1) is 15.5. The Morgan fingerprint density at radius 2 is 2.24 bits per heavy atom. The summed E-state index contributed by atoms with van der Waals surface area (Å²) in [6.07, 6.45) is 2.39. The number of thioether (sulfide) groups is 1. The molecule has 17 heavy (non-hydrogen) atoms. The van der Waals surface area contributed by atoms with Crippen molar-refractivity contribution in [2.75, 3.05) is 12.3 Å². The van der Waals surface area contributed by atoms with Gasteiger partial charge in [-0.15, -0.1) is 11.3 Å². The van der Waals surface area contributed by atoms with Crippen molar-refractivity contribution in [3.05, 3.63) is 20.8 Å². The molecule has 0 saturated carbocycles. The van der Waals surface area contributed by atoms with Gasteiger partial charge in [0.15, 0.2) is 0 Å². The van der Waals surface area contributed by atoms with Crippen molar-refractivity contribution < 1.29 is 0 Å². The van der Waals surface area contributed by atoms with E-state index in [4.69, 9.17) is 0 Å². The maximum Gasteiger partial charge on any atom is 0.0314 e. The van der Waals surface area contributed by atoms with E-state index in [1.165, 1.54) is 21.5 Å². The molecule has 0 radical (unpaired) electrons. The Morgan fingerprint density at radius 3 is 2.76 bits per heavy atom. The van der Waals surface area contributed by atoms with Gasteiger partial charge in [-0.1, -0.05) is 20.8 Å². The Bertz CT molecular complexity index is 314. The molecule has 0 aliphatic heterocycles. The minimum atomic E-state index is 0.592. The van der Waals surface area contributed by atoms with Crippen LogP contribution in [0.1, 0.15) is 32.1 Å². The van der Waals surface area contributed by atoms with Gasteiger partial charge >= 0.3 is 0 Å². The van der Waals surface area contributed by atoms with E-state index in [1.54, 1.807) is 0 Å². The predicted molar refractivity (Wildman–Crippen MR) is 85.4 cm³/mol. The highest BCUT2D eigenvalue weighted by molar-refractivity contribution is 9.10. The molecule has 2 atom stereocenters. The number of likely N-dealkylation sites (N-methyl/N-ethyl adjacent to an activating group) is 1. The van der Waals surface area contributed by atoms with Crippen LogP contribution in [0.25, 0.3) is 0 Å². The third-order valence-electron chi connectivity index (χ3n) is 2.77. The molecule has 98 valence electrons. The molecule has 1 nitrogen and oxygen atoms in total. The summed E-state index contributed by atoms with van der Waals surface area (Å²) in [5.41, 5.74) is 0. The Balaban J connectivity index is 2.45. The normalized spacial score (nSPS) is 14.8. The molecule has 1 N–H and O–H groups in total. The third-order valence-corrected chi connectivity index (χ3v) is 6.22. The molecule has 0 spiro atoms. The maximum atomic E-state index is 3.62. The summed E-state index contributed by atoms with van der Waals surface area (Å²) in [5, 5.41) is 6.52. The first-order valence-electron chi connectivity index (χ1n) is 6.24. The summed E-state index contributed by atoms with van der Waals surface area (Å²) < 4.78 is 1.26. The molecule has 0 fully saturated rings. The molecule has 0 amide bonds. The highest BCUT2D eigenvalue weighted by Gasteiger charge is 2.13. The molecule has 4 heteroatoms. The number of halogens is 1. The standard InChI is InChI=1S/C13H22BrNS2/c1-4-10(3)17-9-11(15-5-2)8-13-12(14)6-7-16-13/h6-7,10-11,15H,4-5,8-9H2,1-3H3. The lowest BCUT2D eigenvalue weighted by atomic mass is 10.2. The van der Waals surface area contributed by atoms with Gasteiger partial charge in [-0.25, -0.2) is 0 Å². The lowest BCUT2D eigenvalue weighted by molar-refractivity contribution is 0.574. The average Bonchev–Trinajstić information content (AvgIpc) is 2.72. The van der Waals surface area contributed by atoms with Gasteiger partial charge in [-0.2, -0.15) is 11.8 Å². The van der Waals surface area contributed by atoms with Crippen LogP contribution in [0.3, 0.4) is 0 Å². The van der Waals surface area contributed by atoms with E-state index >= 15 is 0 Å². The largest absolute Gasteiger partial charge is 0.313 e. The fourth-order valence-electron chi connectivity index (χ4n) is 1.57. The van der Waals surface area contributed by atoms with Crippen LogP contribution in [0.4, 0.5) is 0 Å². The van der Waals surface area contributed by atoms with Gasteiger partial charge in [0.05, 0.1) is 0 Å². The van der Waals surface area contributed by atoms with Gasteiger partial charge < -0.3 is 5.32 Å². The van der Waals surface area contributed by atoms with E-state index in [2.05, 4.69) is 65.2 Å². The zero-order chi connectivity index (χ0) is 12.7. The summed E-state index contributed by atoms with van der Waals surface area (Å²) in [6, 6.07) is 2.74. The smallest absolute Gasteiger partial charge is 0.0314 e. The molecule has 0 aromatic carbocycles. The Kier molecular flexibility index (Phi) is 7.84. The summed E-state index contributed by atoms with van der Waals surface area (Å²) in [5.74, 6) is 1.20. The summed E-state index contributed by atoms with van der Waals surface area (Å²) in [4.78, 5) is 1.46. The van der Waals surface area contributed by atoms with Crippen LogP contribution in [0.5, 0.6) is 0 Å². The molecule has 0 aliphatic carbocycles. The maximum absolute atomic E-state index is 3.62. The minimum absolute atomic E-state index is 0.592. The molecule has 1 aromatic heterocycles. The first-order valence-corrected chi connectivity index (χ1v) is 8.96. The molecule has 1 rings (SSSR count). The molecular weight excluding hydrogens is 314 g/mol. The molecule has 1 aromatic rings. The summed E-state index contributed by atoms with van der Waals surface area (Å²) in [7, 11) is 0. The van der Waals surface area contributed by atoms with Gasteiger partial charge in [0.25, 0.3) is 0 Å². The van der Waals surface area contributed by atoms with Crippen LogP contribution in [0.2, 0.25) is 0 Å². The predicted octanol–water partition coefficient (Wildman–Crippen LogP) is 4.56. The highest BCUT2D eigenvalue weighted by Crippen LogP contribution is 2.25. The fraction of sp³-hybridized carbons (Fsp3) is 0.692. The molecule has 0 bridgehead atoms. The van der Waals surface area contributed by atoms with Crippen molar-refractivity contribution in [3.8, 4) is 0 Å². The van der Waals surface area contributed by atoms with Crippen LogP contribution >= 0.6 is 39.0 Å². The summed E-state index contributed by atoms with van der Waals surface area (Å²) in [6.45, 7) is 7.81. The van der Waals surface area contributed by atoms with E-state index in [9.17, 15) is 0 Å². The number of rotatable bonds is 8. The molecular formula is C13H22BrNS2. The van der Waals surface area contributed by atoms with E-state index in [-0.39, 0.29) is 0 Å². The van der Waals surface area contributed by atoms with Crippen molar-refractivity contribution in [1.82, 2.24) is 5.32 Å². The van der Waals surface area contributed by atoms with Crippen LogP contribution in [-0.2, 0) is 6.42 Å². The molecule has 2 unspecified atom stereocenters. The monoisotopic (exact) mass is 335 g/mol. The number of hydrogen-bond donors (Lipinski definition) is 1. The van der Waals surface area contributed by atoms with E-state index in [0.717, 1.165) is 18.2 Å². The third kappa shape index (κ3) is 5.77. The van der Waals surface area contributed by atoms with Gasteiger partial charge in [0, 0.05) is 26.4 Å². The van der Waals surface area contributed by atoms with Gasteiger partial charge in [-0.3, -0.25) is 0 Å². The zero-order valence-electron chi connectivity index (χ0n) is 10.8. The second-order valence-electron chi connectivity index (χ2n) is 4.20. The lowest BCUT2D eigenvalue weighted by Crippen LogP contribution is -2.33. The van der Waals surface area contributed by atoms with Crippen molar-refractivity contribution in [3.63, 3.8) is 0 Å². The summed E-state index contributed by atoms with van der Waals surface area (Å²) >= 11 is 7.54. The molecule has 0 aliphatic rings. The highest BCUT2D eigenvalue weighted by atomic mass is 79.9. The van der Waals surface area contributed by atoms with E-state index in [0.29, 0.717) is 6.04 Å². The SMILES string of the molecule is CCNC(CSC(C)CC)Cc1sccc1Br. The average molecular weight is 336 g/mol. The van der Waals surface area contributed by atoms with Crippen molar-refractivity contribution in [1.29, 1.82) is 0 Å². The van der Waals surface area contributed by atoms with Crippen molar-refractivity contribution in [2.24, 2.45) is 0 Å². The van der Waals surface area contributed by atoms with Gasteiger partial charge in [0.1, 0.15) is 0 Å². The fourth-order valence-corrected chi connectivity index (χ4v) is 4.20. The minimum Gasteiger partial charge on any atom is -0.313 e. The molecule has 0 saturated heterocycles. The van der Waals surface area contributed by atoms with Crippen molar-refractivity contribution >= 4 is 39.0 Å². The van der Waals surface area contributed by atoms with Crippen LogP contribution in [-0.4, -0.2) is 23.6 Å².